The van der Waals surface area contributed by atoms with E-state index in [4.69, 9.17) is 0 Å². The number of pyridine rings is 1. The fourth-order valence-corrected chi connectivity index (χ4v) is 4.14. The number of benzene rings is 2. The molecule has 4 aromatic rings. The molecular weight excluding hydrogens is 438 g/mol. The summed E-state index contributed by atoms with van der Waals surface area (Å²) in [7, 11) is 0. The molecule has 0 saturated carbocycles. The molecule has 10 heteroatoms. The van der Waals surface area contributed by atoms with E-state index in [2.05, 4.69) is 15.3 Å². The summed E-state index contributed by atoms with van der Waals surface area (Å²) in [6, 6.07) is 10.2. The van der Waals surface area contributed by atoms with Crippen LogP contribution >= 0.6 is 0 Å². The van der Waals surface area contributed by atoms with E-state index in [1.807, 2.05) is 24.3 Å². The van der Waals surface area contributed by atoms with Crippen molar-refractivity contribution in [3.63, 3.8) is 0 Å². The molecule has 168 valence electrons. The summed E-state index contributed by atoms with van der Waals surface area (Å²) in [6.07, 6.45) is 0.453. The van der Waals surface area contributed by atoms with Gasteiger partial charge in [0.1, 0.15) is 24.1 Å². The van der Waals surface area contributed by atoms with Crippen LogP contribution in [0.4, 0.5) is 23.2 Å². The van der Waals surface area contributed by atoms with E-state index in [0.29, 0.717) is 10.6 Å². The van der Waals surface area contributed by atoms with Gasteiger partial charge in [-0.15, -0.1) is 5.10 Å². The van der Waals surface area contributed by atoms with Crippen molar-refractivity contribution >= 4 is 22.4 Å². The van der Waals surface area contributed by atoms with Crippen LogP contribution in [0.1, 0.15) is 18.0 Å². The SMILES string of the molecule is O=C1C(n2cc(-c3ccc4cnccc4c3)nn2)CCc2c(F)cccc2N1CC(F)(F)F. The summed E-state index contributed by atoms with van der Waals surface area (Å²) >= 11 is 0. The first kappa shape index (κ1) is 21.0. The molecule has 1 unspecified atom stereocenters. The second-order valence-electron chi connectivity index (χ2n) is 7.85. The van der Waals surface area contributed by atoms with E-state index in [1.165, 1.54) is 29.1 Å². The van der Waals surface area contributed by atoms with Gasteiger partial charge in [-0.3, -0.25) is 9.78 Å². The summed E-state index contributed by atoms with van der Waals surface area (Å²) in [5.41, 5.74) is 1.23. The molecule has 5 rings (SSSR count). The first-order chi connectivity index (χ1) is 15.8. The Morgan fingerprint density at radius 2 is 1.94 bits per heavy atom. The van der Waals surface area contributed by atoms with Gasteiger partial charge in [-0.25, -0.2) is 9.07 Å². The van der Waals surface area contributed by atoms with Crippen LogP contribution in [0.25, 0.3) is 22.0 Å². The van der Waals surface area contributed by atoms with Gasteiger partial charge in [0.05, 0.1) is 11.9 Å². The molecule has 1 aliphatic rings. The molecule has 2 aromatic carbocycles. The number of rotatable bonds is 3. The van der Waals surface area contributed by atoms with Gasteiger partial charge in [0.15, 0.2) is 0 Å². The highest BCUT2D eigenvalue weighted by Crippen LogP contribution is 2.35. The highest BCUT2D eigenvalue weighted by Gasteiger charge is 2.40. The minimum atomic E-state index is -4.65. The van der Waals surface area contributed by atoms with Crippen molar-refractivity contribution in [2.24, 2.45) is 0 Å². The molecular formula is C23H17F4N5O. The summed E-state index contributed by atoms with van der Waals surface area (Å²) < 4.78 is 55.6. The first-order valence-electron chi connectivity index (χ1n) is 10.2. The largest absolute Gasteiger partial charge is 0.406 e. The predicted molar refractivity (Wildman–Crippen MR) is 113 cm³/mol. The molecule has 0 aliphatic carbocycles. The quantitative estimate of drug-likeness (QED) is 0.420. The number of hydrogen-bond donors (Lipinski definition) is 0. The lowest BCUT2D eigenvalue weighted by molar-refractivity contribution is -0.134. The Hall–Kier alpha value is -3.82. The minimum Gasteiger partial charge on any atom is -0.301 e. The Morgan fingerprint density at radius 1 is 1.09 bits per heavy atom. The molecule has 0 spiro atoms. The highest BCUT2D eigenvalue weighted by atomic mass is 19.4. The lowest BCUT2D eigenvalue weighted by Crippen LogP contribution is -2.42. The number of aromatic nitrogens is 4. The zero-order valence-corrected chi connectivity index (χ0v) is 17.1. The van der Waals surface area contributed by atoms with Gasteiger partial charge >= 0.3 is 6.18 Å². The monoisotopic (exact) mass is 455 g/mol. The van der Waals surface area contributed by atoms with Gasteiger partial charge in [-0.05, 0) is 42.5 Å². The number of carbonyl (C=O) groups is 1. The van der Waals surface area contributed by atoms with Gasteiger partial charge in [-0.2, -0.15) is 13.2 Å². The number of anilines is 1. The van der Waals surface area contributed by atoms with E-state index in [9.17, 15) is 22.4 Å². The second-order valence-corrected chi connectivity index (χ2v) is 7.85. The molecule has 1 atom stereocenters. The van der Waals surface area contributed by atoms with Gasteiger partial charge in [0.25, 0.3) is 5.91 Å². The number of nitrogens with zero attached hydrogens (tertiary/aromatic N) is 5. The summed E-state index contributed by atoms with van der Waals surface area (Å²) in [5.74, 6) is -1.45. The van der Waals surface area contributed by atoms with E-state index < -0.39 is 30.5 Å². The number of amides is 1. The van der Waals surface area contributed by atoms with Crippen molar-refractivity contribution < 1.29 is 22.4 Å². The van der Waals surface area contributed by atoms with E-state index in [-0.39, 0.29) is 24.1 Å². The molecule has 2 aromatic heterocycles. The van der Waals surface area contributed by atoms with Crippen LogP contribution in [0.3, 0.4) is 0 Å². The van der Waals surface area contributed by atoms with Crippen LogP contribution in [-0.2, 0) is 11.2 Å². The molecule has 0 radical (unpaired) electrons. The molecule has 33 heavy (non-hydrogen) atoms. The molecule has 0 bridgehead atoms. The molecule has 1 amide bonds. The maximum Gasteiger partial charge on any atom is 0.406 e. The Kier molecular flexibility index (Phi) is 5.07. The van der Waals surface area contributed by atoms with Crippen LogP contribution in [0.15, 0.2) is 61.1 Å². The fourth-order valence-electron chi connectivity index (χ4n) is 4.14. The number of carbonyl (C=O) groups excluding carboxylic acids is 1. The Bertz CT molecular complexity index is 1350. The number of alkyl halides is 3. The Morgan fingerprint density at radius 3 is 2.76 bits per heavy atom. The summed E-state index contributed by atoms with van der Waals surface area (Å²) in [6.45, 7) is -1.51. The summed E-state index contributed by atoms with van der Waals surface area (Å²) in [4.78, 5) is 17.9. The smallest absolute Gasteiger partial charge is 0.301 e. The van der Waals surface area contributed by atoms with E-state index >= 15 is 0 Å². The van der Waals surface area contributed by atoms with Crippen LogP contribution in [0.2, 0.25) is 0 Å². The van der Waals surface area contributed by atoms with Crippen molar-refractivity contribution in [1.82, 2.24) is 20.0 Å². The standard InChI is InChI=1S/C23H17F4N5O/c24-18-2-1-3-20-17(18)6-7-21(22(33)31(20)13-23(25,26)27)32-12-19(29-30-32)15-4-5-16-11-28-9-8-14(16)10-15/h1-5,8-12,21H,6-7,13H2. The second kappa shape index (κ2) is 7.95. The van der Waals surface area contributed by atoms with E-state index in [1.54, 1.807) is 12.4 Å². The topological polar surface area (TPSA) is 63.9 Å². The zero-order chi connectivity index (χ0) is 23.2. The van der Waals surface area contributed by atoms with Crippen molar-refractivity contribution in [2.45, 2.75) is 25.1 Å². The molecule has 0 fully saturated rings. The van der Waals surface area contributed by atoms with Crippen LogP contribution in [0.5, 0.6) is 0 Å². The Balaban J connectivity index is 1.51. The van der Waals surface area contributed by atoms with Crippen molar-refractivity contribution in [1.29, 1.82) is 0 Å². The van der Waals surface area contributed by atoms with Crippen molar-refractivity contribution in [3.8, 4) is 11.3 Å². The predicted octanol–water partition coefficient (Wildman–Crippen LogP) is 4.72. The zero-order valence-electron chi connectivity index (χ0n) is 17.1. The van der Waals surface area contributed by atoms with E-state index in [0.717, 1.165) is 16.3 Å². The first-order valence-corrected chi connectivity index (χ1v) is 10.2. The lowest BCUT2D eigenvalue weighted by Gasteiger charge is -2.26. The van der Waals surface area contributed by atoms with Crippen molar-refractivity contribution in [2.75, 3.05) is 11.4 Å². The number of fused-ring (bicyclic) bond motifs is 2. The minimum absolute atomic E-state index is 0.0664. The lowest BCUT2D eigenvalue weighted by atomic mass is 10.1. The van der Waals surface area contributed by atoms with Crippen LogP contribution in [0, 0.1) is 5.82 Å². The van der Waals surface area contributed by atoms with Gasteiger partial charge < -0.3 is 4.90 Å². The third-order valence-electron chi connectivity index (χ3n) is 5.71. The third-order valence-corrected chi connectivity index (χ3v) is 5.71. The number of hydrogen-bond acceptors (Lipinski definition) is 4. The van der Waals surface area contributed by atoms with Gasteiger partial charge in [0.2, 0.25) is 0 Å². The van der Waals surface area contributed by atoms with Gasteiger partial charge in [0, 0.05) is 28.9 Å². The third kappa shape index (κ3) is 4.04. The average Bonchev–Trinajstić information content (AvgIpc) is 3.22. The Labute approximate surface area is 185 Å². The maximum atomic E-state index is 14.4. The summed E-state index contributed by atoms with van der Waals surface area (Å²) in [5, 5.41) is 10.0. The average molecular weight is 455 g/mol. The van der Waals surface area contributed by atoms with Crippen molar-refractivity contribution in [3.05, 3.63) is 72.4 Å². The molecule has 0 saturated heterocycles. The van der Waals surface area contributed by atoms with Crippen LogP contribution in [-0.4, -0.2) is 38.6 Å². The molecule has 0 N–H and O–H groups in total. The molecule has 6 nitrogen and oxygen atoms in total. The number of halogens is 4. The van der Waals surface area contributed by atoms with Gasteiger partial charge in [-0.1, -0.05) is 23.4 Å². The normalized spacial score (nSPS) is 16.7. The molecule has 3 heterocycles. The fraction of sp³-hybridized carbons (Fsp3) is 0.217. The van der Waals surface area contributed by atoms with Crippen LogP contribution < -0.4 is 4.90 Å². The maximum absolute atomic E-state index is 14.4. The molecule has 1 aliphatic heterocycles. The highest BCUT2D eigenvalue weighted by molar-refractivity contribution is 5.97.